The van der Waals surface area contributed by atoms with Crippen LogP contribution in [0.1, 0.15) is 12.8 Å². The van der Waals surface area contributed by atoms with Gasteiger partial charge < -0.3 is 9.47 Å². The fraction of sp³-hybridized carbons (Fsp3) is 0.391. The molecule has 0 radical (unpaired) electrons. The van der Waals surface area contributed by atoms with E-state index in [0.717, 1.165) is 0 Å². The van der Waals surface area contributed by atoms with E-state index in [4.69, 9.17) is 13.1 Å². The lowest BCUT2D eigenvalue weighted by molar-refractivity contribution is -0.176. The zero-order chi connectivity index (χ0) is 24.3. The Kier molecular flexibility index (Phi) is 5.49. The van der Waals surface area contributed by atoms with Crippen LogP contribution in [0, 0.1) is 17.8 Å². The van der Waals surface area contributed by atoms with Crippen LogP contribution >= 0.6 is 10.3 Å². The van der Waals surface area contributed by atoms with Gasteiger partial charge in [-0.05, 0) is 43.4 Å². The molecule has 2 aromatic carbocycles. The molecule has 1 heterocycles. The first-order chi connectivity index (χ1) is 16.0. The van der Waals surface area contributed by atoms with Gasteiger partial charge in [-0.15, -0.1) is 0 Å². The van der Waals surface area contributed by atoms with E-state index in [1.165, 1.54) is 6.26 Å². The van der Waals surface area contributed by atoms with Gasteiger partial charge >= 0.3 is 27.3 Å². The third-order valence-corrected chi connectivity index (χ3v) is 11.8. The molecule has 2 saturated carbocycles. The average molecular weight is 513 g/mol. The van der Waals surface area contributed by atoms with Gasteiger partial charge in [0.2, 0.25) is 0 Å². The number of esters is 2. The normalized spacial score (nSPS) is 28.6. The van der Waals surface area contributed by atoms with Crippen molar-refractivity contribution in [1.82, 2.24) is 0 Å². The van der Waals surface area contributed by atoms with Gasteiger partial charge in [-0.25, -0.2) is 8.42 Å². The predicted octanol–water partition coefficient (Wildman–Crippen LogP) is 3.89. The van der Waals surface area contributed by atoms with Gasteiger partial charge in [0.15, 0.2) is 0 Å². The second kappa shape index (κ2) is 8.03. The summed E-state index contributed by atoms with van der Waals surface area (Å²) in [5.41, 5.74) is 0. The van der Waals surface area contributed by atoms with Crippen molar-refractivity contribution in [3.8, 4) is 0 Å². The van der Waals surface area contributed by atoms with Crippen molar-refractivity contribution in [3.05, 3.63) is 60.7 Å². The molecule has 3 aliphatic rings. The summed E-state index contributed by atoms with van der Waals surface area (Å²) < 4.78 is 71.3. The van der Waals surface area contributed by atoms with Crippen molar-refractivity contribution in [2.75, 3.05) is 6.26 Å². The van der Waals surface area contributed by atoms with E-state index in [1.807, 2.05) is 0 Å². The molecule has 0 N–H and O–H groups in total. The van der Waals surface area contributed by atoms with Gasteiger partial charge in [-0.1, -0.05) is 46.7 Å². The number of alkyl halides is 2. The first kappa shape index (κ1) is 23.3. The standard InChI is InChI=1S/C23H22F2O7S2/c1-33(15-8-4-2-5-9-15,16-10-6-3-7-11-16)32-34(28,29)23(24,25)22(27)31-19-14-12-17-18(13-14)21(26)30-20(17)19/h2-11,14,17-20H,12-13H2,1H3. The minimum atomic E-state index is -5.77. The summed E-state index contributed by atoms with van der Waals surface area (Å²) in [6, 6.07) is 16.3. The molecule has 0 aromatic heterocycles. The SMILES string of the molecule is CS(OS(=O)(=O)C(F)(F)C(=O)OC1C2CC3C(=O)OC1C3C2)(c1ccccc1)c1ccccc1. The molecule has 0 spiro atoms. The highest BCUT2D eigenvalue weighted by atomic mass is 32.3. The number of benzene rings is 2. The van der Waals surface area contributed by atoms with Gasteiger partial charge in [-0.2, -0.15) is 17.2 Å². The summed E-state index contributed by atoms with van der Waals surface area (Å²) in [7, 11) is -8.74. The molecule has 2 aromatic rings. The van der Waals surface area contributed by atoms with Crippen LogP contribution in [-0.4, -0.2) is 44.1 Å². The van der Waals surface area contributed by atoms with E-state index in [2.05, 4.69) is 0 Å². The lowest BCUT2D eigenvalue weighted by Gasteiger charge is -2.36. The topological polar surface area (TPSA) is 96.0 Å². The minimum Gasteiger partial charge on any atom is -0.458 e. The molecular formula is C23H22F2O7S2. The van der Waals surface area contributed by atoms with E-state index in [-0.39, 0.29) is 17.8 Å². The molecule has 34 heavy (non-hydrogen) atoms. The highest BCUT2D eigenvalue weighted by Gasteiger charge is 2.65. The van der Waals surface area contributed by atoms with E-state index >= 15 is 8.78 Å². The highest BCUT2D eigenvalue weighted by Crippen LogP contribution is 2.62. The van der Waals surface area contributed by atoms with Crippen molar-refractivity contribution >= 4 is 32.4 Å². The molecule has 5 atom stereocenters. The van der Waals surface area contributed by atoms with Gasteiger partial charge in [-0.3, -0.25) is 4.79 Å². The second-order valence-corrected chi connectivity index (χ2v) is 13.4. The van der Waals surface area contributed by atoms with Crippen LogP contribution in [0.15, 0.2) is 70.5 Å². The third-order valence-electron chi connectivity index (χ3n) is 6.82. The van der Waals surface area contributed by atoms with Crippen LogP contribution in [0.5, 0.6) is 0 Å². The van der Waals surface area contributed by atoms with Gasteiger partial charge in [0.1, 0.15) is 12.2 Å². The van der Waals surface area contributed by atoms with Crippen LogP contribution < -0.4 is 0 Å². The van der Waals surface area contributed by atoms with Gasteiger partial charge in [0.25, 0.3) is 0 Å². The number of fused-ring (bicyclic) bond motifs is 1. The smallest absolute Gasteiger partial charge is 0.458 e. The maximum absolute atomic E-state index is 15.1. The van der Waals surface area contributed by atoms with Crippen LogP contribution in [0.3, 0.4) is 0 Å². The zero-order valence-corrected chi connectivity index (χ0v) is 19.6. The summed E-state index contributed by atoms with van der Waals surface area (Å²) in [5, 5.41) is -4.96. The van der Waals surface area contributed by atoms with Gasteiger partial charge in [0, 0.05) is 21.6 Å². The minimum absolute atomic E-state index is 0.194. The molecule has 2 bridgehead atoms. The molecule has 7 nitrogen and oxygen atoms in total. The van der Waals surface area contributed by atoms with E-state index in [0.29, 0.717) is 22.6 Å². The van der Waals surface area contributed by atoms with Crippen molar-refractivity contribution < 1.29 is 39.9 Å². The maximum atomic E-state index is 15.1. The number of halogens is 2. The van der Waals surface area contributed by atoms with Crippen LogP contribution in [-0.2, 0) is 32.8 Å². The van der Waals surface area contributed by atoms with Crippen LogP contribution in [0.4, 0.5) is 8.78 Å². The Morgan fingerprint density at radius 1 is 1.00 bits per heavy atom. The summed E-state index contributed by atoms with van der Waals surface area (Å²) in [6.07, 6.45) is 0.396. The molecule has 182 valence electrons. The Hall–Kier alpha value is -2.50. The third kappa shape index (κ3) is 3.52. The largest absolute Gasteiger partial charge is 0.466 e. The maximum Gasteiger partial charge on any atom is 0.466 e. The Bertz CT molecular complexity index is 1180. The molecule has 5 unspecified atom stereocenters. The molecule has 2 aliphatic carbocycles. The fourth-order valence-electron chi connectivity index (χ4n) is 5.16. The van der Waals surface area contributed by atoms with E-state index in [1.54, 1.807) is 60.7 Å². The monoisotopic (exact) mass is 512 g/mol. The number of rotatable bonds is 7. The number of carbonyl (C=O) groups excluding carboxylic acids is 2. The van der Waals surface area contributed by atoms with Crippen molar-refractivity contribution in [1.29, 1.82) is 0 Å². The van der Waals surface area contributed by atoms with E-state index < -0.39 is 49.8 Å². The Balaban J connectivity index is 1.41. The predicted molar refractivity (Wildman–Crippen MR) is 117 cm³/mol. The Morgan fingerprint density at radius 3 is 2.12 bits per heavy atom. The fourth-order valence-corrected chi connectivity index (χ4v) is 9.44. The first-order valence-corrected chi connectivity index (χ1v) is 14.1. The summed E-state index contributed by atoms with van der Waals surface area (Å²) in [4.78, 5) is 25.1. The lowest BCUT2D eigenvalue weighted by Crippen LogP contribution is -2.45. The quantitative estimate of drug-likeness (QED) is 0.520. The lowest BCUT2D eigenvalue weighted by atomic mass is 9.88. The number of carbonyl (C=O) groups is 2. The Labute approximate surface area is 197 Å². The van der Waals surface area contributed by atoms with Crippen molar-refractivity contribution in [2.45, 2.75) is 40.1 Å². The number of hydrogen-bond donors (Lipinski definition) is 0. The molecule has 0 amide bonds. The number of ether oxygens (including phenoxy) is 2. The van der Waals surface area contributed by atoms with Gasteiger partial charge in [0.05, 0.1) is 5.92 Å². The summed E-state index contributed by atoms with van der Waals surface area (Å²) >= 11 is 0. The van der Waals surface area contributed by atoms with Crippen LogP contribution in [0.2, 0.25) is 0 Å². The van der Waals surface area contributed by atoms with E-state index in [9.17, 15) is 18.0 Å². The number of hydrogen-bond acceptors (Lipinski definition) is 7. The summed E-state index contributed by atoms with van der Waals surface area (Å²) in [6.45, 7) is 0. The molecular weight excluding hydrogens is 490 g/mol. The molecule has 1 saturated heterocycles. The molecule has 5 rings (SSSR count). The second-order valence-electron chi connectivity index (χ2n) is 8.78. The average Bonchev–Trinajstić information content (AvgIpc) is 3.45. The van der Waals surface area contributed by atoms with Crippen molar-refractivity contribution in [3.63, 3.8) is 0 Å². The first-order valence-electron chi connectivity index (χ1n) is 10.7. The molecule has 3 fully saturated rings. The van der Waals surface area contributed by atoms with Crippen molar-refractivity contribution in [2.24, 2.45) is 17.8 Å². The molecule has 11 heteroatoms. The molecule has 1 aliphatic heterocycles. The zero-order valence-electron chi connectivity index (χ0n) is 18.0. The summed E-state index contributed by atoms with van der Waals surface area (Å²) in [5.74, 6) is -3.48. The highest BCUT2D eigenvalue weighted by molar-refractivity contribution is 8.32. The van der Waals surface area contributed by atoms with Crippen LogP contribution in [0.25, 0.3) is 0 Å². The Morgan fingerprint density at radius 2 is 1.56 bits per heavy atom.